The van der Waals surface area contributed by atoms with E-state index in [-0.39, 0.29) is 44.6 Å². The molecule has 0 aliphatic carbocycles. The van der Waals surface area contributed by atoms with Crippen LogP contribution < -0.4 is 9.47 Å². The minimum Gasteiger partial charge on any atom is -0.508 e. The first kappa shape index (κ1) is 61.1. The lowest BCUT2D eigenvalue weighted by Crippen LogP contribution is -2.01. The summed E-state index contributed by atoms with van der Waals surface area (Å²) in [4.78, 5) is 36.4. The van der Waals surface area contributed by atoms with Gasteiger partial charge < -0.3 is 24.8 Å². The van der Waals surface area contributed by atoms with Crippen molar-refractivity contribution in [1.29, 1.82) is 0 Å². The maximum absolute atomic E-state index is 12.3. The molecule has 0 heterocycles. The zero-order valence-electron chi connectivity index (χ0n) is 39.1. The highest BCUT2D eigenvalue weighted by Crippen LogP contribution is 2.18. The fourth-order valence-corrected chi connectivity index (χ4v) is 6.90. The largest absolute Gasteiger partial charge is 0.508 e. The summed E-state index contributed by atoms with van der Waals surface area (Å²) in [5.74, 6) is 1.82. The number of carbonyl (C=O) groups excluding carboxylic acids is 3. The number of alkyl halides is 1. The van der Waals surface area contributed by atoms with E-state index in [1.165, 1.54) is 57.1 Å². The SMILES string of the molecule is C.C.CCCCCCCOc1ccc(C(=O)c2ccccc2)cc1.O=C(c1ccccc1)c1ccc(O)cc1.O=C(c1ccccc1)c1ccc(OCCCCCCO)cc1.OCCCCCCBr. The van der Waals surface area contributed by atoms with E-state index in [2.05, 4.69) is 22.9 Å². The molecular weight excluding hydrogens is 929 g/mol. The molecule has 0 amide bonds. The molecule has 0 bridgehead atoms. The highest BCUT2D eigenvalue weighted by atomic mass is 79.9. The molecule has 69 heavy (non-hydrogen) atoms. The van der Waals surface area contributed by atoms with Crippen molar-refractivity contribution in [2.75, 3.05) is 31.8 Å². The summed E-state index contributed by atoms with van der Waals surface area (Å²) in [7, 11) is 0. The lowest BCUT2D eigenvalue weighted by molar-refractivity contribution is 0.103. The molecule has 0 aromatic heterocycles. The number of aromatic hydroxyl groups is 1. The van der Waals surface area contributed by atoms with Gasteiger partial charge >= 0.3 is 0 Å². The molecule has 6 rings (SSSR count). The number of ether oxygens (including phenoxy) is 2. The molecule has 0 aliphatic heterocycles. The smallest absolute Gasteiger partial charge is 0.193 e. The van der Waals surface area contributed by atoms with E-state index in [1.54, 1.807) is 36.4 Å². The van der Waals surface area contributed by atoms with Crippen molar-refractivity contribution in [1.82, 2.24) is 0 Å². The van der Waals surface area contributed by atoms with Crippen LogP contribution in [-0.4, -0.2) is 64.4 Å². The van der Waals surface area contributed by atoms with Crippen LogP contribution in [0.5, 0.6) is 17.2 Å². The minimum absolute atomic E-state index is 0. The van der Waals surface area contributed by atoms with E-state index in [4.69, 9.17) is 24.8 Å². The number of hydrogen-bond donors (Lipinski definition) is 3. The Morgan fingerprint density at radius 2 is 0.681 bits per heavy atom. The van der Waals surface area contributed by atoms with Crippen LogP contribution in [-0.2, 0) is 0 Å². The van der Waals surface area contributed by atoms with E-state index in [0.29, 0.717) is 46.6 Å². The molecule has 6 aromatic rings. The van der Waals surface area contributed by atoms with Crippen LogP contribution >= 0.6 is 15.9 Å². The lowest BCUT2D eigenvalue weighted by Gasteiger charge is -2.07. The predicted octanol–water partition coefficient (Wildman–Crippen LogP) is 14.9. The highest BCUT2D eigenvalue weighted by molar-refractivity contribution is 9.09. The second kappa shape index (κ2) is 39.0. The number of halogens is 1. The second-order valence-electron chi connectivity index (χ2n) is 15.8. The van der Waals surface area contributed by atoms with E-state index < -0.39 is 0 Å². The molecule has 8 nitrogen and oxygen atoms in total. The van der Waals surface area contributed by atoms with Gasteiger partial charge in [0.1, 0.15) is 17.2 Å². The number of ketones is 3. The molecule has 0 atom stereocenters. The van der Waals surface area contributed by atoms with E-state index in [9.17, 15) is 14.4 Å². The molecule has 0 unspecified atom stereocenters. The average molecular weight is 1010 g/mol. The van der Waals surface area contributed by atoms with Gasteiger partial charge in [-0.05, 0) is 111 Å². The monoisotopic (exact) mass is 1000 g/mol. The quantitative estimate of drug-likeness (QED) is 0.0294. The normalized spacial score (nSPS) is 9.91. The number of phenolic OH excluding ortho intramolecular Hbond substituents is 1. The van der Waals surface area contributed by atoms with Crippen LogP contribution in [0.2, 0.25) is 0 Å². The Balaban J connectivity index is 0.000000479. The number of carbonyl (C=O) groups is 3. The second-order valence-corrected chi connectivity index (χ2v) is 16.5. The van der Waals surface area contributed by atoms with Gasteiger partial charge in [0.2, 0.25) is 0 Å². The first-order valence-corrected chi connectivity index (χ1v) is 24.7. The number of benzene rings is 6. The summed E-state index contributed by atoms with van der Waals surface area (Å²) in [6.45, 7) is 4.24. The van der Waals surface area contributed by atoms with Crippen LogP contribution in [0.25, 0.3) is 0 Å². The van der Waals surface area contributed by atoms with Crippen molar-refractivity contribution in [3.63, 3.8) is 0 Å². The fraction of sp³-hybridized carbons (Fsp3) is 0.350. The Labute approximate surface area is 421 Å². The molecule has 0 radical (unpaired) electrons. The lowest BCUT2D eigenvalue weighted by atomic mass is 10.0. The van der Waals surface area contributed by atoms with Gasteiger partial charge in [0.05, 0.1) is 13.2 Å². The van der Waals surface area contributed by atoms with Crippen LogP contribution in [0.15, 0.2) is 164 Å². The van der Waals surface area contributed by atoms with Gasteiger partial charge in [0, 0.05) is 51.9 Å². The Bertz CT molecular complexity index is 2070. The van der Waals surface area contributed by atoms with Gasteiger partial charge in [0.25, 0.3) is 0 Å². The summed E-state index contributed by atoms with van der Waals surface area (Å²) in [6.07, 6.45) is 14.7. The Hall–Kier alpha value is -5.87. The molecule has 0 saturated heterocycles. The standard InChI is InChI=1S/C20H24O2.C19H22O3.C13H10O2.C6H13BrO.2CH4/c1-2-3-4-5-9-16-22-19-14-12-18(13-15-19)20(21)17-10-7-6-8-11-17;20-14-6-1-2-7-15-22-18-12-10-17(11-13-18)19(21)16-8-4-3-5-9-16;14-12-8-6-11(7-9-12)13(15)10-4-2-1-3-5-10;7-5-3-1-2-4-6-8;;/h6-8,10-15H,2-5,9,16H2,1H3;3-5,8-13,20H,1-2,6-7,14-15H2;1-9,14H;8H,1-6H2;2*1H4. The third-order valence-electron chi connectivity index (χ3n) is 10.3. The van der Waals surface area contributed by atoms with Crippen LogP contribution in [0.4, 0.5) is 0 Å². The van der Waals surface area contributed by atoms with Gasteiger partial charge in [0.15, 0.2) is 17.3 Å². The topological polar surface area (TPSA) is 130 Å². The van der Waals surface area contributed by atoms with Gasteiger partial charge in [-0.3, -0.25) is 14.4 Å². The number of aliphatic hydroxyl groups excluding tert-OH is 2. The maximum Gasteiger partial charge on any atom is 0.193 e. The number of unbranched alkanes of at least 4 members (excludes halogenated alkanes) is 10. The molecule has 372 valence electrons. The Morgan fingerprint density at radius 3 is 1.00 bits per heavy atom. The van der Waals surface area contributed by atoms with Crippen LogP contribution in [0.3, 0.4) is 0 Å². The van der Waals surface area contributed by atoms with Gasteiger partial charge in [-0.2, -0.15) is 0 Å². The Morgan fingerprint density at radius 1 is 0.391 bits per heavy atom. The molecule has 6 aromatic carbocycles. The number of phenols is 1. The average Bonchev–Trinajstić information content (AvgIpc) is 3.38. The van der Waals surface area contributed by atoms with Crippen molar-refractivity contribution in [3.8, 4) is 17.2 Å². The van der Waals surface area contributed by atoms with Crippen molar-refractivity contribution in [3.05, 3.63) is 197 Å². The minimum atomic E-state index is -0.0319. The third kappa shape index (κ3) is 25.9. The molecule has 0 fully saturated rings. The highest BCUT2D eigenvalue weighted by Gasteiger charge is 2.10. The summed E-state index contributed by atoms with van der Waals surface area (Å²) in [5, 5.41) is 27.2. The summed E-state index contributed by atoms with van der Waals surface area (Å²) < 4.78 is 11.4. The first-order valence-electron chi connectivity index (χ1n) is 23.6. The molecule has 9 heteroatoms. The van der Waals surface area contributed by atoms with Crippen LogP contribution in [0, 0.1) is 0 Å². The van der Waals surface area contributed by atoms with Crippen molar-refractivity contribution in [2.24, 2.45) is 0 Å². The summed E-state index contributed by atoms with van der Waals surface area (Å²) in [5.41, 5.74) is 4.01. The van der Waals surface area contributed by atoms with Gasteiger partial charge in [-0.25, -0.2) is 0 Å². The zero-order valence-corrected chi connectivity index (χ0v) is 40.7. The van der Waals surface area contributed by atoms with E-state index in [1.807, 2.05) is 115 Å². The van der Waals surface area contributed by atoms with Crippen molar-refractivity contribution in [2.45, 2.75) is 105 Å². The predicted molar refractivity (Wildman–Crippen MR) is 289 cm³/mol. The van der Waals surface area contributed by atoms with Crippen molar-refractivity contribution >= 4 is 33.3 Å². The molecule has 0 aliphatic rings. The molecule has 0 spiro atoms. The van der Waals surface area contributed by atoms with Gasteiger partial charge in [-0.15, -0.1) is 0 Å². The zero-order chi connectivity index (χ0) is 48.2. The van der Waals surface area contributed by atoms with E-state index in [0.717, 1.165) is 62.0 Å². The van der Waals surface area contributed by atoms with E-state index >= 15 is 0 Å². The van der Waals surface area contributed by atoms with Crippen molar-refractivity contribution < 1.29 is 39.2 Å². The summed E-state index contributed by atoms with van der Waals surface area (Å²) >= 11 is 3.34. The van der Waals surface area contributed by atoms with Crippen LogP contribution in [0.1, 0.15) is 153 Å². The molecular formula is C60H77BrO8. The maximum atomic E-state index is 12.3. The molecule has 0 saturated carbocycles. The fourth-order valence-electron chi connectivity index (χ4n) is 6.50. The number of aliphatic hydroxyl groups is 2. The number of rotatable bonds is 25. The molecule has 3 N–H and O–H groups in total. The van der Waals surface area contributed by atoms with Gasteiger partial charge in [-0.1, -0.05) is 174 Å². The third-order valence-corrected chi connectivity index (χ3v) is 10.9. The number of hydrogen-bond acceptors (Lipinski definition) is 8. The summed E-state index contributed by atoms with van der Waals surface area (Å²) in [6, 6.07) is 48.6. The Kier molecular flexibility index (Phi) is 34.6. The first-order chi connectivity index (χ1) is 32.8.